The number of nitrogens with one attached hydrogen (secondary N) is 1. The minimum Gasteiger partial charge on any atom is -0.467 e. The van der Waals surface area contributed by atoms with Crippen molar-refractivity contribution in [3.63, 3.8) is 0 Å². The van der Waals surface area contributed by atoms with Gasteiger partial charge in [0, 0.05) is 12.4 Å². The van der Waals surface area contributed by atoms with E-state index in [1.54, 1.807) is 20.8 Å². The van der Waals surface area contributed by atoms with E-state index in [-0.39, 0.29) is 11.5 Å². The lowest BCUT2D eigenvalue weighted by molar-refractivity contribution is -0.152. The van der Waals surface area contributed by atoms with Crippen LogP contribution in [0.1, 0.15) is 80.1 Å². The summed E-state index contributed by atoms with van der Waals surface area (Å²) in [6, 6.07) is -1.79. The van der Waals surface area contributed by atoms with Gasteiger partial charge >= 0.3 is 12.1 Å². The Balaban J connectivity index is 3.20. The third-order valence-corrected chi connectivity index (χ3v) is 11.4. The zero-order valence-electron chi connectivity index (χ0n) is 23.8. The van der Waals surface area contributed by atoms with Gasteiger partial charge in [0.2, 0.25) is 5.91 Å². The second kappa shape index (κ2) is 13.1. The van der Waals surface area contributed by atoms with Crippen molar-refractivity contribution in [3.8, 4) is 0 Å². The summed E-state index contributed by atoms with van der Waals surface area (Å²) in [5.41, 5.74) is -0.720. The highest BCUT2D eigenvalue weighted by Gasteiger charge is 2.50. The number of ether oxygens (including phenoxy) is 2. The number of hydrogen-bond donors (Lipinski definition) is 1. The van der Waals surface area contributed by atoms with Crippen molar-refractivity contribution >= 4 is 34.1 Å². The summed E-state index contributed by atoms with van der Waals surface area (Å²) in [5, 5.41) is 2.64. The first-order chi connectivity index (χ1) is 16.4. The largest absolute Gasteiger partial charge is 0.467 e. The van der Waals surface area contributed by atoms with Crippen LogP contribution in [0.25, 0.3) is 0 Å². The van der Waals surface area contributed by atoms with E-state index in [9.17, 15) is 14.4 Å². The first-order valence-corrected chi connectivity index (χ1v) is 15.8. The molecule has 2 amide bonds. The molecule has 1 fully saturated rings. The molecule has 36 heavy (non-hydrogen) atoms. The lowest BCUT2D eigenvalue weighted by atomic mass is 9.91. The van der Waals surface area contributed by atoms with Gasteiger partial charge in [-0.3, -0.25) is 4.79 Å². The van der Waals surface area contributed by atoms with Crippen molar-refractivity contribution in [1.29, 1.82) is 0 Å². The molecule has 0 aromatic rings. The minimum atomic E-state index is -2.23. The number of allylic oxidation sites excluding steroid dienone is 1. The highest BCUT2D eigenvalue weighted by Crippen LogP contribution is 2.40. The Morgan fingerprint density at radius 1 is 1.14 bits per heavy atom. The van der Waals surface area contributed by atoms with Crippen LogP contribution in [-0.4, -0.2) is 75.9 Å². The second-order valence-corrected chi connectivity index (χ2v) is 16.8. The fraction of sp³-hybridized carbons (Fsp3) is 0.808. The van der Waals surface area contributed by atoms with Crippen molar-refractivity contribution in [2.45, 2.75) is 128 Å². The van der Waals surface area contributed by atoms with Gasteiger partial charge < -0.3 is 24.1 Å². The van der Waals surface area contributed by atoms with Crippen LogP contribution < -0.4 is 5.32 Å². The van der Waals surface area contributed by atoms with Gasteiger partial charge in [0.25, 0.3) is 0 Å². The van der Waals surface area contributed by atoms with Gasteiger partial charge in [0.1, 0.15) is 25.5 Å². The first kappa shape index (κ1) is 32.2. The van der Waals surface area contributed by atoms with Crippen molar-refractivity contribution in [2.24, 2.45) is 0 Å². The van der Waals surface area contributed by atoms with Crippen LogP contribution in [0.4, 0.5) is 4.79 Å². The molecule has 1 N–H and O–H groups in total. The van der Waals surface area contributed by atoms with Crippen LogP contribution in [-0.2, 0) is 23.5 Å². The molecular weight excluding hydrogens is 475 g/mol. The average molecular weight is 523 g/mol. The summed E-state index contributed by atoms with van der Waals surface area (Å²) in [6.45, 7) is 19.6. The van der Waals surface area contributed by atoms with Crippen LogP contribution in [0, 0.1) is 0 Å². The predicted molar refractivity (Wildman–Crippen MR) is 145 cm³/mol. The normalized spacial score (nSPS) is 21.6. The predicted octanol–water partition coefficient (Wildman–Crippen LogP) is 4.68. The molecular formula is C26H47BN2O6Si. The van der Waals surface area contributed by atoms with Gasteiger partial charge in [-0.15, -0.1) is 6.58 Å². The number of hydrogen-bond acceptors (Lipinski definition) is 6. The number of unbranched alkanes of at least 4 members (excludes halogenated alkanes) is 3. The van der Waals surface area contributed by atoms with Gasteiger partial charge in [-0.1, -0.05) is 39.7 Å². The number of carbonyl (C=O) groups excluding carboxylic acids is 3. The molecule has 1 aliphatic heterocycles. The van der Waals surface area contributed by atoms with Gasteiger partial charge in [0.05, 0.1) is 13.2 Å². The molecule has 2 radical (unpaired) electrons. The minimum absolute atomic E-state index is 0.0723. The Bertz CT molecular complexity index is 777. The second-order valence-electron chi connectivity index (χ2n) is 12.1. The molecule has 1 rings (SSSR count). The number of carbonyl (C=O) groups is 3. The van der Waals surface area contributed by atoms with Crippen molar-refractivity contribution in [2.75, 3.05) is 7.11 Å². The topological polar surface area (TPSA) is 94.2 Å². The Morgan fingerprint density at radius 3 is 2.25 bits per heavy atom. The highest BCUT2D eigenvalue weighted by atomic mass is 28.4. The molecule has 2 unspecified atom stereocenters. The van der Waals surface area contributed by atoms with Crippen molar-refractivity contribution in [1.82, 2.24) is 10.2 Å². The van der Waals surface area contributed by atoms with Gasteiger partial charge in [-0.05, 0) is 58.2 Å². The SMILES string of the molecule is [B]C1C(O[Si](C)(C)C(C)(C)C)C[C@@H](C(=O)OC)N1C(=O)[C@H](CCCCCC=C)NC(=O)OC(C)(C)C. The fourth-order valence-corrected chi connectivity index (χ4v) is 5.23. The average Bonchev–Trinajstić information content (AvgIpc) is 3.05. The van der Waals surface area contributed by atoms with Crippen LogP contribution in [0.5, 0.6) is 0 Å². The smallest absolute Gasteiger partial charge is 0.408 e. The zero-order valence-corrected chi connectivity index (χ0v) is 24.8. The molecule has 0 bridgehead atoms. The Kier molecular flexibility index (Phi) is 11.7. The van der Waals surface area contributed by atoms with Gasteiger partial charge in [-0.2, -0.15) is 0 Å². The molecule has 0 aliphatic carbocycles. The van der Waals surface area contributed by atoms with E-state index in [2.05, 4.69) is 45.8 Å². The molecule has 0 spiro atoms. The highest BCUT2D eigenvalue weighted by molar-refractivity contribution is 6.74. The number of methoxy groups -OCH3 is 1. The van der Waals surface area contributed by atoms with Crippen molar-refractivity contribution in [3.05, 3.63) is 12.7 Å². The quantitative estimate of drug-likeness (QED) is 0.183. The fourth-order valence-electron chi connectivity index (χ4n) is 3.88. The van der Waals surface area contributed by atoms with Crippen LogP contribution in [0.15, 0.2) is 12.7 Å². The van der Waals surface area contributed by atoms with E-state index in [4.69, 9.17) is 21.7 Å². The van der Waals surface area contributed by atoms with Crippen LogP contribution >= 0.6 is 0 Å². The summed E-state index contributed by atoms with van der Waals surface area (Å²) in [5.74, 6) is -1.84. The van der Waals surface area contributed by atoms with Gasteiger partial charge in [-0.25, -0.2) is 9.59 Å². The third-order valence-electron chi connectivity index (χ3n) is 6.86. The molecule has 1 saturated heterocycles. The maximum Gasteiger partial charge on any atom is 0.408 e. The van der Waals surface area contributed by atoms with E-state index in [1.165, 1.54) is 12.0 Å². The van der Waals surface area contributed by atoms with Crippen LogP contribution in [0.2, 0.25) is 18.1 Å². The number of alkyl carbamates (subject to hydrolysis) is 1. The summed E-state index contributed by atoms with van der Waals surface area (Å²) >= 11 is 0. The third kappa shape index (κ3) is 9.25. The maximum absolute atomic E-state index is 13.8. The summed E-state index contributed by atoms with van der Waals surface area (Å²) in [4.78, 5) is 40.5. The number of amides is 2. The summed E-state index contributed by atoms with van der Waals surface area (Å²) < 4.78 is 16.9. The van der Waals surface area contributed by atoms with Crippen LogP contribution in [0.3, 0.4) is 0 Å². The number of likely N-dealkylation sites (tertiary alicyclic amines) is 1. The Morgan fingerprint density at radius 2 is 1.75 bits per heavy atom. The van der Waals surface area contributed by atoms with E-state index in [0.717, 1.165) is 19.3 Å². The number of rotatable bonds is 11. The zero-order chi connectivity index (χ0) is 27.9. The Labute approximate surface area is 220 Å². The van der Waals surface area contributed by atoms with E-state index in [0.29, 0.717) is 12.8 Å². The summed E-state index contributed by atoms with van der Waals surface area (Å²) in [6.07, 6.45) is 4.67. The van der Waals surface area contributed by atoms with Crippen molar-refractivity contribution < 1.29 is 28.3 Å². The lowest BCUT2D eigenvalue weighted by Gasteiger charge is -2.40. The summed E-state index contributed by atoms with van der Waals surface area (Å²) in [7, 11) is 5.62. The van der Waals surface area contributed by atoms with E-state index >= 15 is 0 Å². The molecule has 10 heteroatoms. The molecule has 4 atom stereocenters. The lowest BCUT2D eigenvalue weighted by Crippen LogP contribution is -2.56. The number of esters is 1. The van der Waals surface area contributed by atoms with Gasteiger partial charge in [0.15, 0.2) is 8.32 Å². The monoisotopic (exact) mass is 522 g/mol. The van der Waals surface area contributed by atoms with E-state index in [1.807, 2.05) is 6.08 Å². The molecule has 8 nitrogen and oxygen atoms in total. The van der Waals surface area contributed by atoms with E-state index < -0.39 is 56.0 Å². The first-order valence-electron chi connectivity index (χ1n) is 12.9. The molecule has 1 heterocycles. The number of nitrogens with zero attached hydrogens (tertiary/aromatic N) is 1. The molecule has 1 aliphatic rings. The molecule has 0 aromatic carbocycles. The molecule has 204 valence electrons. The Hall–Kier alpha value is -1.81. The molecule has 0 aromatic heterocycles. The standard InChI is InChI=1S/C26H47BN2O6Si/c1-11-12-13-14-15-16-18(28-24(32)34-25(2,3)4)22(30)29-19(23(31)33-8)17-20(21(29)27)35-36(9,10)26(5,6)7/h11,18-21H,1,12-17H2,2-10H3,(H,28,32)/t18-,19-,20?,21?/m0/s1. The molecule has 0 saturated carbocycles. The maximum atomic E-state index is 13.8.